The van der Waals surface area contributed by atoms with Gasteiger partial charge in [0.15, 0.2) is 5.82 Å². The number of nitrogens with zero attached hydrogens (tertiary/aromatic N) is 5. The molecule has 1 aromatic heterocycles. The Hall–Kier alpha value is -3.06. The van der Waals surface area contributed by atoms with Crippen molar-refractivity contribution in [3.05, 3.63) is 72.2 Å². The second-order valence-corrected chi connectivity index (χ2v) is 6.52. The summed E-state index contributed by atoms with van der Waals surface area (Å²) in [7, 11) is 0. The highest BCUT2D eigenvalue weighted by Crippen LogP contribution is 2.18. The van der Waals surface area contributed by atoms with E-state index in [-0.39, 0.29) is 5.82 Å². The number of anilines is 3. The molecule has 2 heterocycles. The normalized spacial score (nSPS) is 14.9. The number of piperazine rings is 1. The van der Waals surface area contributed by atoms with Gasteiger partial charge in [0.2, 0.25) is 5.95 Å². The van der Waals surface area contributed by atoms with E-state index in [1.165, 1.54) is 17.7 Å². The van der Waals surface area contributed by atoms with E-state index in [4.69, 9.17) is 0 Å². The molecule has 0 amide bonds. The van der Waals surface area contributed by atoms with Crippen LogP contribution < -0.4 is 10.2 Å². The first-order chi connectivity index (χ1) is 13.3. The summed E-state index contributed by atoms with van der Waals surface area (Å²) < 4.78 is 13.3. The summed E-state index contributed by atoms with van der Waals surface area (Å²) in [5.41, 5.74) is 1.93. The molecular formula is C20H21FN6. The van der Waals surface area contributed by atoms with Crippen LogP contribution in [-0.2, 0) is 6.54 Å². The van der Waals surface area contributed by atoms with Crippen LogP contribution in [-0.4, -0.2) is 46.3 Å². The molecule has 4 rings (SSSR count). The number of aromatic nitrogens is 3. The fourth-order valence-electron chi connectivity index (χ4n) is 3.17. The van der Waals surface area contributed by atoms with E-state index < -0.39 is 0 Å². The van der Waals surface area contributed by atoms with Crippen molar-refractivity contribution in [2.24, 2.45) is 0 Å². The van der Waals surface area contributed by atoms with Gasteiger partial charge in [-0.2, -0.15) is 10.1 Å². The molecule has 0 atom stereocenters. The van der Waals surface area contributed by atoms with E-state index in [1.807, 2.05) is 6.07 Å². The molecule has 1 N–H and O–H groups in total. The quantitative estimate of drug-likeness (QED) is 0.751. The SMILES string of the molecule is Fc1cccc(Nc2nncc(N3CCN(Cc4ccccc4)CC3)n2)c1. The van der Waals surface area contributed by atoms with Crippen molar-refractivity contribution in [2.75, 3.05) is 36.4 Å². The van der Waals surface area contributed by atoms with E-state index in [0.29, 0.717) is 11.6 Å². The molecule has 2 aromatic carbocycles. The molecule has 27 heavy (non-hydrogen) atoms. The summed E-state index contributed by atoms with van der Waals surface area (Å²) in [6.07, 6.45) is 1.67. The third-order valence-electron chi connectivity index (χ3n) is 4.57. The maximum atomic E-state index is 13.3. The Morgan fingerprint density at radius 3 is 2.56 bits per heavy atom. The Kier molecular flexibility index (Phi) is 5.20. The monoisotopic (exact) mass is 364 g/mol. The maximum absolute atomic E-state index is 13.3. The fourth-order valence-corrected chi connectivity index (χ4v) is 3.17. The van der Waals surface area contributed by atoms with Crippen molar-refractivity contribution in [1.29, 1.82) is 0 Å². The van der Waals surface area contributed by atoms with Crippen LogP contribution in [0.3, 0.4) is 0 Å². The van der Waals surface area contributed by atoms with E-state index in [0.717, 1.165) is 38.5 Å². The van der Waals surface area contributed by atoms with Gasteiger partial charge in [-0.15, -0.1) is 5.10 Å². The third kappa shape index (κ3) is 4.57. The van der Waals surface area contributed by atoms with Crippen LogP contribution >= 0.6 is 0 Å². The van der Waals surface area contributed by atoms with Crippen LogP contribution in [0.4, 0.5) is 21.8 Å². The van der Waals surface area contributed by atoms with Gasteiger partial charge in [0.05, 0.1) is 6.20 Å². The highest BCUT2D eigenvalue weighted by atomic mass is 19.1. The van der Waals surface area contributed by atoms with E-state index in [9.17, 15) is 4.39 Å². The molecule has 0 spiro atoms. The highest BCUT2D eigenvalue weighted by molar-refractivity contribution is 5.54. The largest absolute Gasteiger partial charge is 0.353 e. The minimum atomic E-state index is -0.307. The molecule has 0 aliphatic carbocycles. The molecule has 0 saturated carbocycles. The number of rotatable bonds is 5. The summed E-state index contributed by atoms with van der Waals surface area (Å²) in [4.78, 5) is 9.17. The molecule has 3 aromatic rings. The minimum Gasteiger partial charge on any atom is -0.353 e. The van der Waals surface area contributed by atoms with Gasteiger partial charge in [0.1, 0.15) is 5.82 Å². The summed E-state index contributed by atoms with van der Waals surface area (Å²) in [5.74, 6) is 0.840. The molecule has 0 bridgehead atoms. The Balaban J connectivity index is 1.37. The van der Waals surface area contributed by atoms with Gasteiger partial charge in [0, 0.05) is 38.4 Å². The van der Waals surface area contributed by atoms with Crippen LogP contribution in [0.5, 0.6) is 0 Å². The Labute approximate surface area is 157 Å². The lowest BCUT2D eigenvalue weighted by molar-refractivity contribution is 0.249. The van der Waals surface area contributed by atoms with Gasteiger partial charge >= 0.3 is 0 Å². The van der Waals surface area contributed by atoms with Crippen molar-refractivity contribution >= 4 is 17.5 Å². The predicted octanol–water partition coefficient (Wildman–Crippen LogP) is 3.08. The first kappa shape index (κ1) is 17.4. The van der Waals surface area contributed by atoms with Crippen molar-refractivity contribution in [1.82, 2.24) is 20.1 Å². The van der Waals surface area contributed by atoms with Gasteiger partial charge in [-0.05, 0) is 23.8 Å². The standard InChI is InChI=1S/C20H21FN6/c21-17-7-4-8-18(13-17)23-20-24-19(14-22-25-20)27-11-9-26(10-12-27)15-16-5-2-1-3-6-16/h1-8,13-14H,9-12,15H2,(H,23,24,25). The molecule has 1 saturated heterocycles. The molecule has 6 nitrogen and oxygen atoms in total. The molecular weight excluding hydrogens is 343 g/mol. The summed E-state index contributed by atoms with van der Waals surface area (Å²) in [5, 5.41) is 11.0. The lowest BCUT2D eigenvalue weighted by Crippen LogP contribution is -2.46. The van der Waals surface area contributed by atoms with Crippen LogP contribution in [0.15, 0.2) is 60.8 Å². The zero-order valence-corrected chi connectivity index (χ0v) is 14.9. The predicted molar refractivity (Wildman–Crippen MR) is 103 cm³/mol. The molecule has 1 fully saturated rings. The lowest BCUT2D eigenvalue weighted by Gasteiger charge is -2.35. The second kappa shape index (κ2) is 8.09. The summed E-state index contributed by atoms with van der Waals surface area (Å²) in [6.45, 7) is 4.65. The second-order valence-electron chi connectivity index (χ2n) is 6.52. The third-order valence-corrected chi connectivity index (χ3v) is 4.57. The molecule has 138 valence electrons. The smallest absolute Gasteiger partial charge is 0.249 e. The van der Waals surface area contributed by atoms with Gasteiger partial charge in [-0.3, -0.25) is 4.90 Å². The number of nitrogens with one attached hydrogen (secondary N) is 1. The summed E-state index contributed by atoms with van der Waals surface area (Å²) >= 11 is 0. The molecule has 0 radical (unpaired) electrons. The number of hydrogen-bond donors (Lipinski definition) is 1. The van der Waals surface area contributed by atoms with Gasteiger partial charge in [0.25, 0.3) is 0 Å². The van der Waals surface area contributed by atoms with Gasteiger partial charge < -0.3 is 10.2 Å². The zero-order valence-electron chi connectivity index (χ0n) is 14.9. The average molecular weight is 364 g/mol. The molecule has 0 unspecified atom stereocenters. The topological polar surface area (TPSA) is 57.2 Å². The Morgan fingerprint density at radius 1 is 0.963 bits per heavy atom. The molecule has 7 heteroatoms. The van der Waals surface area contributed by atoms with Crippen molar-refractivity contribution in [3.8, 4) is 0 Å². The first-order valence-electron chi connectivity index (χ1n) is 9.00. The number of halogens is 1. The van der Waals surface area contributed by atoms with Crippen molar-refractivity contribution in [2.45, 2.75) is 6.54 Å². The summed E-state index contributed by atoms with van der Waals surface area (Å²) in [6, 6.07) is 16.7. The number of hydrogen-bond acceptors (Lipinski definition) is 6. The van der Waals surface area contributed by atoms with Crippen molar-refractivity contribution in [3.63, 3.8) is 0 Å². The highest BCUT2D eigenvalue weighted by Gasteiger charge is 2.19. The Morgan fingerprint density at radius 2 is 1.78 bits per heavy atom. The van der Waals surface area contributed by atoms with E-state index in [1.54, 1.807) is 18.3 Å². The van der Waals surface area contributed by atoms with Crippen LogP contribution in [0, 0.1) is 5.82 Å². The molecule has 1 aliphatic rings. The first-order valence-corrected chi connectivity index (χ1v) is 9.00. The minimum absolute atomic E-state index is 0.307. The van der Waals surface area contributed by atoms with Crippen molar-refractivity contribution < 1.29 is 4.39 Å². The average Bonchev–Trinajstić information content (AvgIpc) is 2.70. The van der Waals surface area contributed by atoms with Crippen LogP contribution in [0.25, 0.3) is 0 Å². The Bertz CT molecular complexity index is 880. The van der Waals surface area contributed by atoms with E-state index in [2.05, 4.69) is 54.6 Å². The zero-order chi connectivity index (χ0) is 18.5. The number of benzene rings is 2. The lowest BCUT2D eigenvalue weighted by atomic mass is 10.2. The van der Waals surface area contributed by atoms with Gasteiger partial charge in [-0.25, -0.2) is 4.39 Å². The van der Waals surface area contributed by atoms with Crippen LogP contribution in [0.2, 0.25) is 0 Å². The van der Waals surface area contributed by atoms with Crippen LogP contribution in [0.1, 0.15) is 5.56 Å². The fraction of sp³-hybridized carbons (Fsp3) is 0.250. The van der Waals surface area contributed by atoms with Gasteiger partial charge in [-0.1, -0.05) is 36.4 Å². The van der Waals surface area contributed by atoms with E-state index >= 15 is 0 Å². The molecule has 1 aliphatic heterocycles. The maximum Gasteiger partial charge on any atom is 0.249 e.